The Kier molecular flexibility index (Phi) is 4.17. The molecule has 6 heteroatoms. The molecule has 0 fully saturated rings. The van der Waals surface area contributed by atoms with Gasteiger partial charge in [0, 0.05) is 25.5 Å². The molecule has 0 aliphatic rings. The van der Waals surface area contributed by atoms with Crippen molar-refractivity contribution >= 4 is 34.8 Å². The first-order chi connectivity index (χ1) is 8.50. The van der Waals surface area contributed by atoms with Crippen molar-refractivity contribution in [2.45, 2.75) is 16.9 Å². The van der Waals surface area contributed by atoms with Crippen LogP contribution in [0.4, 0.5) is 0 Å². The molecule has 1 aromatic heterocycles. The molecule has 0 bridgehead atoms. The minimum atomic E-state index is -1.52. The van der Waals surface area contributed by atoms with Gasteiger partial charge in [-0.1, -0.05) is 59.1 Å². The molecule has 0 atom stereocenters. The van der Waals surface area contributed by atoms with E-state index in [9.17, 15) is 0 Å². The molecule has 2 N–H and O–H groups in total. The molecule has 0 amide bonds. The van der Waals surface area contributed by atoms with Gasteiger partial charge in [-0.15, -0.1) is 0 Å². The first-order valence-electron chi connectivity index (χ1n) is 5.37. The van der Waals surface area contributed by atoms with Crippen molar-refractivity contribution in [1.82, 2.24) is 9.55 Å². The highest BCUT2D eigenvalue weighted by Gasteiger charge is 2.28. The topological polar surface area (TPSA) is 43.8 Å². The maximum absolute atomic E-state index is 5.86. The minimum absolute atomic E-state index is 0.408. The standard InChI is InChI=1S/C12H12Cl3N3/c13-12(14,15)11-17-4-5-18(11)8-10-3-1-2-9(6-10)7-16/h1-6H,7-8,16H2. The zero-order chi connectivity index (χ0) is 13.2. The lowest BCUT2D eigenvalue weighted by atomic mass is 10.1. The molecular weight excluding hydrogens is 293 g/mol. The number of alkyl halides is 3. The van der Waals surface area contributed by atoms with Crippen molar-refractivity contribution in [3.63, 3.8) is 0 Å². The zero-order valence-electron chi connectivity index (χ0n) is 9.48. The van der Waals surface area contributed by atoms with Crippen LogP contribution in [-0.2, 0) is 16.9 Å². The molecule has 3 nitrogen and oxygen atoms in total. The molecule has 0 unspecified atom stereocenters. The van der Waals surface area contributed by atoms with Crippen LogP contribution in [0, 0.1) is 0 Å². The highest BCUT2D eigenvalue weighted by Crippen LogP contribution is 2.37. The summed E-state index contributed by atoms with van der Waals surface area (Å²) < 4.78 is 0.289. The van der Waals surface area contributed by atoms with E-state index in [1.54, 1.807) is 12.4 Å². The van der Waals surface area contributed by atoms with Crippen LogP contribution in [0.15, 0.2) is 36.7 Å². The molecule has 1 aromatic carbocycles. The van der Waals surface area contributed by atoms with Gasteiger partial charge in [0.15, 0.2) is 5.82 Å². The van der Waals surface area contributed by atoms with Gasteiger partial charge < -0.3 is 10.3 Å². The summed E-state index contributed by atoms with van der Waals surface area (Å²) >= 11 is 17.6. The third-order valence-corrected chi connectivity index (χ3v) is 3.06. The van der Waals surface area contributed by atoms with Crippen LogP contribution in [0.2, 0.25) is 0 Å². The van der Waals surface area contributed by atoms with Crippen molar-refractivity contribution in [2.24, 2.45) is 5.73 Å². The number of halogens is 3. The van der Waals surface area contributed by atoms with Crippen molar-refractivity contribution in [3.8, 4) is 0 Å². The van der Waals surface area contributed by atoms with Crippen molar-refractivity contribution in [1.29, 1.82) is 0 Å². The van der Waals surface area contributed by atoms with E-state index in [0.29, 0.717) is 18.9 Å². The highest BCUT2D eigenvalue weighted by molar-refractivity contribution is 6.66. The van der Waals surface area contributed by atoms with Crippen LogP contribution >= 0.6 is 34.8 Å². The maximum Gasteiger partial charge on any atom is 0.248 e. The normalized spacial score (nSPS) is 11.8. The lowest BCUT2D eigenvalue weighted by Gasteiger charge is -2.14. The SMILES string of the molecule is NCc1cccc(Cn2ccnc2C(Cl)(Cl)Cl)c1. The Hall–Kier alpha value is -0.740. The van der Waals surface area contributed by atoms with Crippen molar-refractivity contribution in [3.05, 3.63) is 53.6 Å². The van der Waals surface area contributed by atoms with Crippen molar-refractivity contribution in [2.75, 3.05) is 0 Å². The lowest BCUT2D eigenvalue weighted by Crippen LogP contribution is -2.12. The molecule has 1 heterocycles. The Morgan fingerprint density at radius 2 is 1.94 bits per heavy atom. The number of aromatic nitrogens is 2. The van der Waals surface area contributed by atoms with E-state index in [2.05, 4.69) is 4.98 Å². The van der Waals surface area contributed by atoms with Crippen LogP contribution in [0.25, 0.3) is 0 Å². The summed E-state index contributed by atoms with van der Waals surface area (Å²) in [5, 5.41) is 0. The van der Waals surface area contributed by atoms with Crippen LogP contribution in [0.5, 0.6) is 0 Å². The average molecular weight is 305 g/mol. The average Bonchev–Trinajstić information content (AvgIpc) is 2.77. The first kappa shape index (κ1) is 13.7. The fourth-order valence-corrected chi connectivity index (χ4v) is 2.22. The van der Waals surface area contributed by atoms with Gasteiger partial charge in [-0.2, -0.15) is 0 Å². The van der Waals surface area contributed by atoms with E-state index in [4.69, 9.17) is 40.5 Å². The molecule has 0 aliphatic carbocycles. The van der Waals surface area contributed by atoms with Gasteiger partial charge in [-0.3, -0.25) is 0 Å². The largest absolute Gasteiger partial charge is 0.327 e. The van der Waals surface area contributed by atoms with Crippen LogP contribution in [0.3, 0.4) is 0 Å². The lowest BCUT2D eigenvalue weighted by molar-refractivity contribution is 0.736. The number of nitrogens with two attached hydrogens (primary N) is 1. The molecule has 2 aromatic rings. The zero-order valence-corrected chi connectivity index (χ0v) is 11.8. The fourth-order valence-electron chi connectivity index (χ4n) is 1.74. The van der Waals surface area contributed by atoms with Gasteiger partial charge >= 0.3 is 0 Å². The second-order valence-electron chi connectivity index (χ2n) is 3.90. The second-order valence-corrected chi connectivity index (χ2v) is 6.18. The summed E-state index contributed by atoms with van der Waals surface area (Å²) in [5.41, 5.74) is 7.77. The highest BCUT2D eigenvalue weighted by atomic mass is 35.6. The van der Waals surface area contributed by atoms with E-state index >= 15 is 0 Å². The van der Waals surface area contributed by atoms with Crippen LogP contribution in [0.1, 0.15) is 17.0 Å². The van der Waals surface area contributed by atoms with Crippen molar-refractivity contribution < 1.29 is 0 Å². The van der Waals surface area contributed by atoms with E-state index in [1.165, 1.54) is 0 Å². The van der Waals surface area contributed by atoms with E-state index in [1.807, 2.05) is 28.8 Å². The molecule has 0 saturated carbocycles. The maximum atomic E-state index is 5.86. The first-order valence-corrected chi connectivity index (χ1v) is 6.50. The fraction of sp³-hybridized carbons (Fsp3) is 0.250. The van der Waals surface area contributed by atoms with Crippen LogP contribution in [-0.4, -0.2) is 9.55 Å². The summed E-state index contributed by atoms with van der Waals surface area (Å²) in [4.78, 5) is 4.07. The summed E-state index contributed by atoms with van der Waals surface area (Å²) in [6.07, 6.45) is 3.40. The molecule has 0 spiro atoms. The summed E-state index contributed by atoms with van der Waals surface area (Å²) in [6.45, 7) is 1.10. The third-order valence-electron chi connectivity index (χ3n) is 2.55. The quantitative estimate of drug-likeness (QED) is 0.885. The molecule has 96 valence electrons. The Labute approximate surface area is 120 Å². The van der Waals surface area contributed by atoms with Gasteiger partial charge in [-0.05, 0) is 11.1 Å². The third kappa shape index (κ3) is 3.18. The number of hydrogen-bond donors (Lipinski definition) is 1. The van der Waals surface area contributed by atoms with Gasteiger partial charge in [-0.25, -0.2) is 4.98 Å². The Morgan fingerprint density at radius 1 is 1.22 bits per heavy atom. The second kappa shape index (κ2) is 5.49. The number of rotatable bonds is 3. The number of imidazole rings is 1. The van der Waals surface area contributed by atoms with E-state index < -0.39 is 3.79 Å². The predicted octanol–water partition coefficient (Wildman–Crippen LogP) is 3.22. The van der Waals surface area contributed by atoms with Gasteiger partial charge in [0.1, 0.15) is 0 Å². The number of benzene rings is 1. The molecule has 18 heavy (non-hydrogen) atoms. The summed E-state index contributed by atoms with van der Waals surface area (Å²) in [6, 6.07) is 7.97. The van der Waals surface area contributed by atoms with Gasteiger partial charge in [0.2, 0.25) is 3.79 Å². The Balaban J connectivity index is 2.26. The summed E-state index contributed by atoms with van der Waals surface area (Å²) in [5.74, 6) is 0.408. The van der Waals surface area contributed by atoms with Crippen LogP contribution < -0.4 is 5.73 Å². The molecular formula is C12H12Cl3N3. The smallest absolute Gasteiger partial charge is 0.248 e. The molecule has 2 rings (SSSR count). The molecule has 0 radical (unpaired) electrons. The number of hydrogen-bond acceptors (Lipinski definition) is 2. The number of nitrogens with zero attached hydrogens (tertiary/aromatic N) is 2. The monoisotopic (exact) mass is 303 g/mol. The Bertz CT molecular complexity index is 531. The van der Waals surface area contributed by atoms with E-state index in [-0.39, 0.29) is 0 Å². The predicted molar refractivity (Wildman–Crippen MR) is 74.9 cm³/mol. The Morgan fingerprint density at radius 3 is 2.61 bits per heavy atom. The molecule has 0 aliphatic heterocycles. The van der Waals surface area contributed by atoms with E-state index in [0.717, 1.165) is 11.1 Å². The minimum Gasteiger partial charge on any atom is -0.327 e. The van der Waals surface area contributed by atoms with Gasteiger partial charge in [0.05, 0.1) is 0 Å². The summed E-state index contributed by atoms with van der Waals surface area (Å²) in [7, 11) is 0. The van der Waals surface area contributed by atoms with Gasteiger partial charge in [0.25, 0.3) is 0 Å². The molecule has 0 saturated heterocycles.